The molecule has 0 fully saturated rings. The van der Waals surface area contributed by atoms with Crippen LogP contribution in [0.25, 0.3) is 17.0 Å². The van der Waals surface area contributed by atoms with Crippen LogP contribution in [0.1, 0.15) is 17.5 Å². The molecule has 0 saturated heterocycles. The fraction of sp³-hybridized carbons (Fsp3) is 0.150. The summed E-state index contributed by atoms with van der Waals surface area (Å²) in [6.07, 6.45) is 6.10. The highest BCUT2D eigenvalue weighted by Gasteiger charge is 2.06. The molecule has 1 aromatic heterocycles. The van der Waals surface area contributed by atoms with E-state index in [1.54, 1.807) is 30.3 Å². The zero-order chi connectivity index (χ0) is 18.5. The molecule has 1 N–H and O–H groups in total. The first-order valence-corrected chi connectivity index (χ1v) is 8.84. The molecule has 0 saturated carbocycles. The predicted octanol–water partition coefficient (Wildman–Crippen LogP) is 5.80. The van der Waals surface area contributed by atoms with Gasteiger partial charge in [-0.25, -0.2) is 9.18 Å². The van der Waals surface area contributed by atoms with Crippen LogP contribution in [0.2, 0.25) is 10.0 Å². The van der Waals surface area contributed by atoms with Crippen LogP contribution in [-0.4, -0.2) is 17.6 Å². The molecule has 3 rings (SSSR count). The van der Waals surface area contributed by atoms with Gasteiger partial charge >= 0.3 is 5.97 Å². The topological polar surface area (TPSA) is 42.1 Å². The third kappa shape index (κ3) is 4.65. The maximum Gasteiger partial charge on any atom is 0.330 e. The van der Waals surface area contributed by atoms with Crippen molar-refractivity contribution >= 4 is 46.2 Å². The van der Waals surface area contributed by atoms with Crippen molar-refractivity contribution in [2.75, 3.05) is 6.61 Å². The standard InChI is InChI=1S/C20H16Cl2FNO2/c21-15-5-3-13(18(22)10-15)4-8-20(25)26-9-1-2-14-12-24-19-7-6-16(23)11-17(14)19/h3-8,10-12,24H,1-2,9H2/b8-4+. The number of rotatable bonds is 6. The molecule has 134 valence electrons. The van der Waals surface area contributed by atoms with Crippen LogP contribution in [0.5, 0.6) is 0 Å². The van der Waals surface area contributed by atoms with Crippen molar-refractivity contribution in [2.24, 2.45) is 0 Å². The monoisotopic (exact) mass is 391 g/mol. The number of nitrogens with one attached hydrogen (secondary N) is 1. The average Bonchev–Trinajstić information content (AvgIpc) is 3.00. The van der Waals surface area contributed by atoms with E-state index in [-0.39, 0.29) is 12.4 Å². The summed E-state index contributed by atoms with van der Waals surface area (Å²) in [7, 11) is 0. The molecule has 0 amide bonds. The Morgan fingerprint density at radius 1 is 1.19 bits per heavy atom. The van der Waals surface area contributed by atoms with E-state index in [0.717, 1.165) is 16.5 Å². The number of aromatic nitrogens is 1. The maximum atomic E-state index is 13.4. The van der Waals surface area contributed by atoms with Gasteiger partial charge in [0.05, 0.1) is 6.61 Å². The summed E-state index contributed by atoms with van der Waals surface area (Å²) in [5, 5.41) is 1.86. The molecular weight excluding hydrogens is 376 g/mol. The number of aromatic amines is 1. The molecule has 3 aromatic rings. The zero-order valence-corrected chi connectivity index (χ0v) is 15.3. The first-order valence-electron chi connectivity index (χ1n) is 8.08. The molecular formula is C20H16Cl2FNO2. The minimum atomic E-state index is -0.444. The van der Waals surface area contributed by atoms with Gasteiger partial charge < -0.3 is 9.72 Å². The molecule has 0 spiro atoms. The number of hydrogen-bond acceptors (Lipinski definition) is 2. The molecule has 0 aliphatic rings. The number of ether oxygens (including phenoxy) is 1. The second-order valence-corrected chi connectivity index (χ2v) is 6.62. The summed E-state index contributed by atoms with van der Waals surface area (Å²) in [5.41, 5.74) is 2.58. The number of hydrogen-bond donors (Lipinski definition) is 1. The highest BCUT2D eigenvalue weighted by molar-refractivity contribution is 6.35. The van der Waals surface area contributed by atoms with Crippen molar-refractivity contribution < 1.29 is 13.9 Å². The molecule has 0 bridgehead atoms. The van der Waals surface area contributed by atoms with Gasteiger partial charge in [-0.15, -0.1) is 0 Å². The van der Waals surface area contributed by atoms with Gasteiger partial charge in [0.25, 0.3) is 0 Å². The van der Waals surface area contributed by atoms with Gasteiger partial charge in [-0.1, -0.05) is 29.3 Å². The molecule has 0 unspecified atom stereocenters. The molecule has 0 atom stereocenters. The lowest BCUT2D eigenvalue weighted by Gasteiger charge is -2.03. The molecule has 0 radical (unpaired) electrons. The predicted molar refractivity (Wildman–Crippen MR) is 103 cm³/mol. The maximum absolute atomic E-state index is 13.4. The second-order valence-electron chi connectivity index (χ2n) is 5.77. The van der Waals surface area contributed by atoms with Crippen molar-refractivity contribution in [3.05, 3.63) is 75.7 Å². The summed E-state index contributed by atoms with van der Waals surface area (Å²) in [4.78, 5) is 14.9. The van der Waals surface area contributed by atoms with Crippen molar-refractivity contribution in [1.29, 1.82) is 0 Å². The first-order chi connectivity index (χ1) is 12.5. The van der Waals surface area contributed by atoms with Crippen LogP contribution in [0.4, 0.5) is 4.39 Å². The van der Waals surface area contributed by atoms with E-state index in [2.05, 4.69) is 4.98 Å². The Bertz CT molecular complexity index is 966. The molecule has 0 aliphatic heterocycles. The molecule has 3 nitrogen and oxygen atoms in total. The van der Waals surface area contributed by atoms with E-state index in [9.17, 15) is 9.18 Å². The lowest BCUT2D eigenvalue weighted by Crippen LogP contribution is -2.03. The van der Waals surface area contributed by atoms with E-state index in [1.807, 2.05) is 6.20 Å². The summed E-state index contributed by atoms with van der Waals surface area (Å²) < 4.78 is 18.5. The lowest BCUT2D eigenvalue weighted by molar-refractivity contribution is -0.137. The van der Waals surface area contributed by atoms with E-state index < -0.39 is 5.97 Å². The van der Waals surface area contributed by atoms with E-state index >= 15 is 0 Å². The van der Waals surface area contributed by atoms with E-state index in [4.69, 9.17) is 27.9 Å². The van der Waals surface area contributed by atoms with Gasteiger partial charge in [-0.05, 0) is 60.4 Å². The van der Waals surface area contributed by atoms with Crippen molar-refractivity contribution in [3.8, 4) is 0 Å². The summed E-state index contributed by atoms with van der Waals surface area (Å²) in [6, 6.07) is 9.67. The molecule has 26 heavy (non-hydrogen) atoms. The number of carbonyl (C=O) groups is 1. The number of carbonyl (C=O) groups excluding carboxylic acids is 1. The fourth-order valence-electron chi connectivity index (χ4n) is 2.64. The third-order valence-electron chi connectivity index (χ3n) is 3.93. The second kappa shape index (κ2) is 8.39. The average molecular weight is 392 g/mol. The highest BCUT2D eigenvalue weighted by Crippen LogP contribution is 2.22. The molecule has 6 heteroatoms. The van der Waals surface area contributed by atoms with Crippen LogP contribution >= 0.6 is 23.2 Å². The smallest absolute Gasteiger partial charge is 0.330 e. The Morgan fingerprint density at radius 3 is 2.85 bits per heavy atom. The van der Waals surface area contributed by atoms with Crippen LogP contribution in [0.3, 0.4) is 0 Å². The number of H-pyrrole nitrogens is 1. The van der Waals surface area contributed by atoms with Gasteiger partial charge in [-0.2, -0.15) is 0 Å². The van der Waals surface area contributed by atoms with Crippen LogP contribution in [0.15, 0.2) is 48.7 Å². The van der Waals surface area contributed by atoms with Gasteiger partial charge in [0.15, 0.2) is 0 Å². The van der Waals surface area contributed by atoms with Crippen molar-refractivity contribution in [1.82, 2.24) is 4.98 Å². The largest absolute Gasteiger partial charge is 0.463 e. The zero-order valence-electron chi connectivity index (χ0n) is 13.8. The Hall–Kier alpha value is -2.30. The minimum absolute atomic E-state index is 0.268. The Balaban J connectivity index is 1.49. The van der Waals surface area contributed by atoms with Crippen LogP contribution in [-0.2, 0) is 16.0 Å². The lowest BCUT2D eigenvalue weighted by atomic mass is 10.1. The van der Waals surface area contributed by atoms with Gasteiger partial charge in [0.2, 0.25) is 0 Å². The van der Waals surface area contributed by atoms with Gasteiger partial charge in [-0.3, -0.25) is 0 Å². The van der Waals surface area contributed by atoms with Crippen molar-refractivity contribution in [2.45, 2.75) is 12.8 Å². The summed E-state index contributed by atoms with van der Waals surface area (Å²) in [5.74, 6) is -0.711. The molecule has 2 aromatic carbocycles. The number of fused-ring (bicyclic) bond motifs is 1. The van der Waals surface area contributed by atoms with Gasteiger partial charge in [0, 0.05) is 33.2 Å². The van der Waals surface area contributed by atoms with Gasteiger partial charge in [0.1, 0.15) is 5.82 Å². The highest BCUT2D eigenvalue weighted by atomic mass is 35.5. The normalized spacial score (nSPS) is 11.3. The quantitative estimate of drug-likeness (QED) is 0.327. The summed E-state index contributed by atoms with van der Waals surface area (Å²) >= 11 is 11.9. The van der Waals surface area contributed by atoms with E-state index in [0.29, 0.717) is 28.5 Å². The minimum Gasteiger partial charge on any atom is -0.463 e. The number of esters is 1. The van der Waals surface area contributed by atoms with E-state index in [1.165, 1.54) is 18.2 Å². The number of aryl methyl sites for hydroxylation is 1. The Kier molecular flexibility index (Phi) is 5.96. The Labute approximate surface area is 160 Å². The number of benzene rings is 2. The molecule has 0 aliphatic carbocycles. The summed E-state index contributed by atoms with van der Waals surface area (Å²) in [6.45, 7) is 0.277. The van der Waals surface area contributed by atoms with Crippen molar-refractivity contribution in [3.63, 3.8) is 0 Å². The SMILES string of the molecule is O=C(/C=C/c1ccc(Cl)cc1Cl)OCCCc1c[nH]c2ccc(F)cc12. The fourth-order valence-corrected chi connectivity index (χ4v) is 3.11. The van der Waals surface area contributed by atoms with Crippen LogP contribution < -0.4 is 0 Å². The first kappa shape index (κ1) is 18.5. The number of halogens is 3. The Morgan fingerprint density at radius 2 is 2.04 bits per heavy atom. The third-order valence-corrected chi connectivity index (χ3v) is 4.49. The van der Waals surface area contributed by atoms with Crippen LogP contribution in [0, 0.1) is 5.82 Å². The molecule has 1 heterocycles.